The van der Waals surface area contributed by atoms with Gasteiger partial charge in [0.05, 0.1) is 29.1 Å². The van der Waals surface area contributed by atoms with E-state index in [0.717, 1.165) is 11.3 Å². The molecule has 0 saturated carbocycles. The van der Waals surface area contributed by atoms with E-state index >= 15 is 0 Å². The van der Waals surface area contributed by atoms with Gasteiger partial charge in [-0.1, -0.05) is 36.4 Å². The molecule has 8 heteroatoms. The number of nitrogens with zero attached hydrogens (tertiary/aromatic N) is 2. The van der Waals surface area contributed by atoms with E-state index in [1.807, 2.05) is 54.6 Å². The van der Waals surface area contributed by atoms with Crippen molar-refractivity contribution in [3.05, 3.63) is 89.5 Å². The molecule has 0 spiro atoms. The number of amides is 1. The summed E-state index contributed by atoms with van der Waals surface area (Å²) < 4.78 is 5.10. The number of nitrogens with two attached hydrogens (primary N) is 1. The molecule has 3 aromatic carbocycles. The van der Waals surface area contributed by atoms with Gasteiger partial charge in [0, 0.05) is 42.2 Å². The van der Waals surface area contributed by atoms with E-state index in [2.05, 4.69) is 4.98 Å². The first-order chi connectivity index (χ1) is 17.4. The highest BCUT2D eigenvalue weighted by Gasteiger charge is 2.20. The molecule has 1 heterocycles. The van der Waals surface area contributed by atoms with Crippen molar-refractivity contribution in [2.24, 2.45) is 10.7 Å². The van der Waals surface area contributed by atoms with Crippen LogP contribution in [0.4, 0.5) is 11.4 Å². The lowest BCUT2D eigenvalue weighted by Gasteiger charge is -2.20. The van der Waals surface area contributed by atoms with Crippen LogP contribution in [-0.4, -0.2) is 47.4 Å². The molecule has 0 aliphatic heterocycles. The maximum Gasteiger partial charge on any atom is 0.338 e. The first-order valence-electron chi connectivity index (χ1n) is 11.7. The number of aliphatic imine (C=N–C) groups is 1. The van der Waals surface area contributed by atoms with Gasteiger partial charge in [0.1, 0.15) is 0 Å². The number of hydrogen-bond donors (Lipinski definition) is 3. The molecule has 0 saturated heterocycles. The third-order valence-corrected chi connectivity index (χ3v) is 5.71. The minimum atomic E-state index is -0.429. The predicted octanol–water partition coefficient (Wildman–Crippen LogP) is 4.53. The van der Waals surface area contributed by atoms with E-state index < -0.39 is 5.97 Å². The molecule has 4 N–H and O–H groups in total. The molecule has 0 fully saturated rings. The highest BCUT2D eigenvalue weighted by Crippen LogP contribution is 2.32. The van der Waals surface area contributed by atoms with Gasteiger partial charge in [-0.2, -0.15) is 0 Å². The molecule has 184 valence electrons. The lowest BCUT2D eigenvalue weighted by atomic mass is 10.00. The second-order valence-corrected chi connectivity index (χ2v) is 8.13. The quantitative estimate of drug-likeness (QED) is 0.251. The lowest BCUT2D eigenvalue weighted by molar-refractivity contribution is -0.116. The molecule has 0 unspecified atom stereocenters. The summed E-state index contributed by atoms with van der Waals surface area (Å²) in [5.41, 5.74) is 9.88. The zero-order valence-corrected chi connectivity index (χ0v) is 20.2. The fraction of sp³-hybridized carbons (Fsp3) is 0.179. The Morgan fingerprint density at radius 3 is 2.39 bits per heavy atom. The zero-order valence-electron chi connectivity index (χ0n) is 20.2. The minimum Gasteiger partial charge on any atom is -0.494 e. The highest BCUT2D eigenvalue weighted by atomic mass is 16.5. The van der Waals surface area contributed by atoms with Crippen molar-refractivity contribution in [1.29, 1.82) is 0 Å². The maximum atomic E-state index is 12.2. The van der Waals surface area contributed by atoms with Crippen LogP contribution in [0.25, 0.3) is 10.9 Å². The van der Waals surface area contributed by atoms with Crippen LogP contribution >= 0.6 is 0 Å². The summed E-state index contributed by atoms with van der Waals surface area (Å²) in [5, 5.41) is 11.6. The number of ether oxygens (including phenoxy) is 1. The maximum absolute atomic E-state index is 12.2. The van der Waals surface area contributed by atoms with Crippen LogP contribution in [0.1, 0.15) is 35.3 Å². The van der Waals surface area contributed by atoms with Crippen LogP contribution in [0.2, 0.25) is 0 Å². The number of H-pyrrole nitrogens is 1. The number of fused-ring (bicyclic) bond motifs is 1. The van der Waals surface area contributed by atoms with Gasteiger partial charge in [0.2, 0.25) is 5.91 Å². The Bertz CT molecular complexity index is 1410. The minimum absolute atomic E-state index is 0.0593. The van der Waals surface area contributed by atoms with Gasteiger partial charge in [-0.05, 0) is 43.3 Å². The van der Waals surface area contributed by atoms with Crippen LogP contribution in [-0.2, 0) is 9.53 Å². The molecule has 0 bridgehead atoms. The van der Waals surface area contributed by atoms with Crippen LogP contribution in [0.5, 0.6) is 5.88 Å². The summed E-state index contributed by atoms with van der Waals surface area (Å²) in [7, 11) is 0. The van der Waals surface area contributed by atoms with E-state index in [4.69, 9.17) is 15.5 Å². The second-order valence-electron chi connectivity index (χ2n) is 8.13. The molecule has 4 aromatic rings. The largest absolute Gasteiger partial charge is 0.494 e. The molecule has 1 aromatic heterocycles. The second kappa shape index (κ2) is 10.9. The molecule has 0 radical (unpaired) electrons. The third-order valence-electron chi connectivity index (χ3n) is 5.71. The van der Waals surface area contributed by atoms with Crippen LogP contribution in [0.3, 0.4) is 0 Å². The highest BCUT2D eigenvalue weighted by molar-refractivity contribution is 6.22. The van der Waals surface area contributed by atoms with E-state index in [0.29, 0.717) is 46.5 Å². The Balaban J connectivity index is 1.81. The van der Waals surface area contributed by atoms with Crippen molar-refractivity contribution < 1.29 is 19.4 Å². The molecule has 4 rings (SSSR count). The van der Waals surface area contributed by atoms with E-state index in [9.17, 15) is 14.7 Å². The van der Waals surface area contributed by atoms with Gasteiger partial charge >= 0.3 is 5.97 Å². The number of esters is 1. The summed E-state index contributed by atoms with van der Waals surface area (Å²) in [6, 6.07) is 21.9. The molecule has 8 nitrogen and oxygen atoms in total. The van der Waals surface area contributed by atoms with Crippen molar-refractivity contribution in [2.75, 3.05) is 24.6 Å². The van der Waals surface area contributed by atoms with E-state index in [1.54, 1.807) is 30.0 Å². The Morgan fingerprint density at radius 2 is 1.75 bits per heavy atom. The van der Waals surface area contributed by atoms with Crippen molar-refractivity contribution in [3.8, 4) is 5.88 Å². The van der Waals surface area contributed by atoms with Crippen LogP contribution in [0, 0.1) is 0 Å². The Kier molecular flexibility index (Phi) is 7.46. The summed E-state index contributed by atoms with van der Waals surface area (Å²) in [6.07, 6.45) is 0. The van der Waals surface area contributed by atoms with Crippen LogP contribution in [0.15, 0.2) is 77.8 Å². The van der Waals surface area contributed by atoms with Crippen molar-refractivity contribution in [1.82, 2.24) is 4.98 Å². The van der Waals surface area contributed by atoms with Gasteiger partial charge in [0.15, 0.2) is 5.88 Å². The Morgan fingerprint density at radius 1 is 1.03 bits per heavy atom. The first kappa shape index (κ1) is 24.7. The SMILES string of the molecule is CCOC(=O)c1ccc2c(C(=Nc3ccc(N(CCN)C(C)=O)cc3)c3ccccc3)c(O)[nH]c2c1. The molecule has 0 atom stereocenters. The molecular formula is C28H28N4O4. The van der Waals surface area contributed by atoms with Gasteiger partial charge in [-0.25, -0.2) is 9.79 Å². The smallest absolute Gasteiger partial charge is 0.338 e. The zero-order chi connectivity index (χ0) is 25.7. The summed E-state index contributed by atoms with van der Waals surface area (Å²) in [5.74, 6) is -0.579. The average molecular weight is 485 g/mol. The fourth-order valence-corrected chi connectivity index (χ4v) is 4.06. The number of benzene rings is 3. The number of carbonyl (C=O) groups excluding carboxylic acids is 2. The first-order valence-corrected chi connectivity index (χ1v) is 11.7. The number of hydrogen-bond acceptors (Lipinski definition) is 6. The molecular weight excluding hydrogens is 456 g/mol. The summed E-state index contributed by atoms with van der Waals surface area (Å²) in [4.78, 5) is 33.6. The number of anilines is 1. The third kappa shape index (κ3) is 5.13. The number of aromatic hydroxyl groups is 1. The Hall–Kier alpha value is -4.43. The molecule has 0 aliphatic rings. The van der Waals surface area contributed by atoms with E-state index in [-0.39, 0.29) is 18.4 Å². The fourth-order valence-electron chi connectivity index (χ4n) is 4.06. The van der Waals surface area contributed by atoms with Gasteiger partial charge in [-0.3, -0.25) is 4.79 Å². The lowest BCUT2D eigenvalue weighted by Crippen LogP contribution is -2.33. The van der Waals surface area contributed by atoms with Crippen molar-refractivity contribution in [3.63, 3.8) is 0 Å². The number of aromatic amines is 1. The monoisotopic (exact) mass is 484 g/mol. The standard InChI is InChI=1S/C28H28N4O4/c1-3-36-28(35)20-9-14-23-24(17-20)31-27(34)25(23)26(19-7-5-4-6-8-19)30-21-10-12-22(13-11-21)32(16-15-29)18(2)33/h4-14,17,31,34H,3,15-16,29H2,1-2H3. The number of carbonyl (C=O) groups is 2. The van der Waals surface area contributed by atoms with Crippen LogP contribution < -0.4 is 10.6 Å². The van der Waals surface area contributed by atoms with Gasteiger partial charge < -0.3 is 25.5 Å². The summed E-state index contributed by atoms with van der Waals surface area (Å²) >= 11 is 0. The molecule has 0 aliphatic carbocycles. The molecule has 36 heavy (non-hydrogen) atoms. The van der Waals surface area contributed by atoms with Gasteiger partial charge in [0.25, 0.3) is 0 Å². The molecule has 1 amide bonds. The average Bonchev–Trinajstić information content (AvgIpc) is 3.21. The van der Waals surface area contributed by atoms with Gasteiger partial charge in [-0.15, -0.1) is 0 Å². The van der Waals surface area contributed by atoms with E-state index in [1.165, 1.54) is 6.92 Å². The number of rotatable bonds is 8. The number of aromatic nitrogens is 1. The Labute approximate surface area is 209 Å². The number of nitrogens with one attached hydrogen (secondary N) is 1. The predicted molar refractivity (Wildman–Crippen MR) is 141 cm³/mol. The summed E-state index contributed by atoms with van der Waals surface area (Å²) in [6.45, 7) is 4.31. The topological polar surface area (TPSA) is 121 Å². The normalized spacial score (nSPS) is 11.5. The van der Waals surface area contributed by atoms with Crippen molar-refractivity contribution in [2.45, 2.75) is 13.8 Å². The van der Waals surface area contributed by atoms with Crippen molar-refractivity contribution >= 4 is 39.9 Å².